The maximum atomic E-state index is 11.2. The highest BCUT2D eigenvalue weighted by molar-refractivity contribution is 5.91. The molecule has 4 nitrogen and oxygen atoms in total. The predicted octanol–water partition coefficient (Wildman–Crippen LogP) is 1.92. The predicted molar refractivity (Wildman–Crippen MR) is 67.4 cm³/mol. The molecule has 0 radical (unpaired) electrons. The van der Waals surface area contributed by atoms with Gasteiger partial charge in [0.25, 0.3) is 0 Å². The number of methoxy groups -OCH3 is 1. The Morgan fingerprint density at radius 1 is 1.47 bits per heavy atom. The van der Waals surface area contributed by atoms with Crippen LogP contribution in [0.15, 0.2) is 18.2 Å². The van der Waals surface area contributed by atoms with Crippen LogP contribution in [0.25, 0.3) is 0 Å². The topological polar surface area (TPSA) is 58.6 Å². The number of hydrogen-bond acceptors (Lipinski definition) is 3. The standard InChI is InChI=1S/C13H19NO3/c1-9(16)14-12-10(13(2,3)8-15)6-5-7-11(12)17-4/h5-7,15H,8H2,1-4H3,(H,14,16). The molecule has 0 aliphatic heterocycles. The van der Waals surface area contributed by atoms with Crippen LogP contribution in [-0.4, -0.2) is 24.7 Å². The second-order valence-corrected chi connectivity index (χ2v) is 4.61. The van der Waals surface area contributed by atoms with Gasteiger partial charge in [0.15, 0.2) is 0 Å². The zero-order chi connectivity index (χ0) is 13.1. The van der Waals surface area contributed by atoms with Gasteiger partial charge < -0.3 is 15.2 Å². The maximum Gasteiger partial charge on any atom is 0.221 e. The molecule has 0 heterocycles. The molecule has 1 aromatic carbocycles. The van der Waals surface area contributed by atoms with Crippen LogP contribution in [0.3, 0.4) is 0 Å². The average Bonchev–Trinajstić information content (AvgIpc) is 2.28. The van der Waals surface area contributed by atoms with Gasteiger partial charge in [-0.1, -0.05) is 26.0 Å². The van der Waals surface area contributed by atoms with Crippen LogP contribution in [-0.2, 0) is 10.2 Å². The molecule has 17 heavy (non-hydrogen) atoms. The fourth-order valence-electron chi connectivity index (χ4n) is 1.66. The number of aliphatic hydroxyl groups excluding tert-OH is 1. The molecule has 0 saturated heterocycles. The van der Waals surface area contributed by atoms with E-state index in [1.54, 1.807) is 13.2 Å². The number of amides is 1. The van der Waals surface area contributed by atoms with Crippen molar-refractivity contribution in [3.63, 3.8) is 0 Å². The SMILES string of the molecule is COc1cccc(C(C)(C)CO)c1NC(C)=O. The first-order valence-electron chi connectivity index (χ1n) is 5.48. The molecule has 0 aromatic heterocycles. The van der Waals surface area contributed by atoms with Gasteiger partial charge >= 0.3 is 0 Å². The summed E-state index contributed by atoms with van der Waals surface area (Å²) in [6, 6.07) is 5.50. The normalized spacial score (nSPS) is 11.1. The summed E-state index contributed by atoms with van der Waals surface area (Å²) < 4.78 is 5.23. The highest BCUT2D eigenvalue weighted by Crippen LogP contribution is 2.36. The fraction of sp³-hybridized carbons (Fsp3) is 0.462. The smallest absolute Gasteiger partial charge is 0.221 e. The van der Waals surface area contributed by atoms with Gasteiger partial charge in [-0.15, -0.1) is 0 Å². The molecule has 0 unspecified atom stereocenters. The molecule has 0 atom stereocenters. The van der Waals surface area contributed by atoms with Gasteiger partial charge in [0.1, 0.15) is 5.75 Å². The van der Waals surface area contributed by atoms with E-state index in [1.165, 1.54) is 6.92 Å². The van der Waals surface area contributed by atoms with Crippen molar-refractivity contribution < 1.29 is 14.6 Å². The van der Waals surface area contributed by atoms with Crippen LogP contribution < -0.4 is 10.1 Å². The maximum absolute atomic E-state index is 11.2. The van der Waals surface area contributed by atoms with E-state index < -0.39 is 5.41 Å². The van der Waals surface area contributed by atoms with Gasteiger partial charge in [-0.25, -0.2) is 0 Å². The molecular formula is C13H19NO3. The summed E-state index contributed by atoms with van der Waals surface area (Å²) in [4.78, 5) is 11.2. The van der Waals surface area contributed by atoms with Crippen LogP contribution in [0.2, 0.25) is 0 Å². The molecule has 0 spiro atoms. The second kappa shape index (κ2) is 5.19. The first-order valence-corrected chi connectivity index (χ1v) is 5.48. The zero-order valence-corrected chi connectivity index (χ0v) is 10.7. The van der Waals surface area contributed by atoms with Crippen LogP contribution in [0.5, 0.6) is 5.75 Å². The summed E-state index contributed by atoms with van der Waals surface area (Å²) in [7, 11) is 1.55. The van der Waals surface area contributed by atoms with Crippen LogP contribution >= 0.6 is 0 Å². The summed E-state index contributed by atoms with van der Waals surface area (Å²) >= 11 is 0. The number of aliphatic hydroxyl groups is 1. The lowest BCUT2D eigenvalue weighted by atomic mass is 9.84. The van der Waals surface area contributed by atoms with Gasteiger partial charge in [0.2, 0.25) is 5.91 Å². The van der Waals surface area contributed by atoms with E-state index in [2.05, 4.69) is 5.32 Å². The van der Waals surface area contributed by atoms with Gasteiger partial charge in [-0.2, -0.15) is 0 Å². The minimum Gasteiger partial charge on any atom is -0.495 e. The van der Waals surface area contributed by atoms with E-state index in [1.807, 2.05) is 26.0 Å². The number of ether oxygens (including phenoxy) is 1. The number of anilines is 1. The minimum absolute atomic E-state index is 0.00719. The van der Waals surface area contributed by atoms with Crippen LogP contribution in [0.1, 0.15) is 26.3 Å². The zero-order valence-electron chi connectivity index (χ0n) is 10.7. The molecule has 1 amide bonds. The Morgan fingerprint density at radius 3 is 2.59 bits per heavy atom. The second-order valence-electron chi connectivity index (χ2n) is 4.61. The van der Waals surface area contributed by atoms with E-state index in [-0.39, 0.29) is 12.5 Å². The molecule has 0 aliphatic rings. The summed E-state index contributed by atoms with van der Waals surface area (Å²) in [5.74, 6) is 0.434. The monoisotopic (exact) mass is 237 g/mol. The van der Waals surface area contributed by atoms with Crippen LogP contribution in [0.4, 0.5) is 5.69 Å². The van der Waals surface area contributed by atoms with Gasteiger partial charge in [0, 0.05) is 12.3 Å². The molecule has 1 aromatic rings. The Kier molecular flexibility index (Phi) is 4.12. The lowest BCUT2D eigenvalue weighted by Gasteiger charge is -2.26. The van der Waals surface area contributed by atoms with E-state index in [0.29, 0.717) is 11.4 Å². The van der Waals surface area contributed by atoms with Gasteiger partial charge in [-0.05, 0) is 11.6 Å². The summed E-state index contributed by atoms with van der Waals surface area (Å²) in [5, 5.41) is 12.2. The third-order valence-electron chi connectivity index (χ3n) is 2.67. The highest BCUT2D eigenvalue weighted by atomic mass is 16.5. The number of nitrogens with one attached hydrogen (secondary N) is 1. The van der Waals surface area contributed by atoms with E-state index in [9.17, 15) is 9.90 Å². The molecular weight excluding hydrogens is 218 g/mol. The van der Waals surface area contributed by atoms with Gasteiger partial charge in [-0.3, -0.25) is 4.79 Å². The average molecular weight is 237 g/mol. The molecule has 0 aliphatic carbocycles. The molecule has 1 rings (SSSR count). The molecule has 0 fully saturated rings. The fourth-order valence-corrected chi connectivity index (χ4v) is 1.66. The van der Waals surface area contributed by atoms with E-state index in [0.717, 1.165) is 5.56 Å². The quantitative estimate of drug-likeness (QED) is 0.841. The van der Waals surface area contributed by atoms with Crippen molar-refractivity contribution in [2.24, 2.45) is 0 Å². The lowest BCUT2D eigenvalue weighted by molar-refractivity contribution is -0.114. The van der Waals surface area contributed by atoms with Crippen molar-refractivity contribution in [3.8, 4) is 5.75 Å². The summed E-state index contributed by atoms with van der Waals surface area (Å²) in [6.07, 6.45) is 0. The molecule has 0 saturated carbocycles. The van der Waals surface area contributed by atoms with Crippen molar-refractivity contribution in [2.75, 3.05) is 19.0 Å². The number of carbonyl (C=O) groups excluding carboxylic acids is 1. The van der Waals surface area contributed by atoms with E-state index in [4.69, 9.17) is 4.74 Å². The third kappa shape index (κ3) is 2.97. The first-order chi connectivity index (χ1) is 7.92. The Bertz CT molecular complexity index is 413. The third-order valence-corrected chi connectivity index (χ3v) is 2.67. The van der Waals surface area contributed by atoms with Crippen molar-refractivity contribution in [1.82, 2.24) is 0 Å². The first kappa shape index (κ1) is 13.5. The summed E-state index contributed by atoms with van der Waals surface area (Å²) in [6.45, 7) is 5.26. The Balaban J connectivity index is 3.33. The minimum atomic E-state index is -0.438. The number of carbonyl (C=O) groups is 1. The largest absolute Gasteiger partial charge is 0.495 e. The van der Waals surface area contributed by atoms with Gasteiger partial charge in [0.05, 0.1) is 19.4 Å². The molecule has 0 bridgehead atoms. The molecule has 2 N–H and O–H groups in total. The van der Waals surface area contributed by atoms with Crippen molar-refractivity contribution in [2.45, 2.75) is 26.2 Å². The number of rotatable bonds is 4. The Hall–Kier alpha value is -1.55. The number of benzene rings is 1. The Labute approximate surface area is 102 Å². The number of hydrogen-bond donors (Lipinski definition) is 2. The van der Waals surface area contributed by atoms with Crippen LogP contribution in [0, 0.1) is 0 Å². The summed E-state index contributed by atoms with van der Waals surface area (Å²) in [5.41, 5.74) is 1.04. The van der Waals surface area contributed by atoms with Crippen molar-refractivity contribution in [1.29, 1.82) is 0 Å². The van der Waals surface area contributed by atoms with Crippen molar-refractivity contribution in [3.05, 3.63) is 23.8 Å². The molecule has 4 heteroatoms. The lowest BCUT2D eigenvalue weighted by Crippen LogP contribution is -2.24. The van der Waals surface area contributed by atoms with Crippen molar-refractivity contribution >= 4 is 11.6 Å². The highest BCUT2D eigenvalue weighted by Gasteiger charge is 2.25. The molecule has 94 valence electrons. The number of para-hydroxylation sites is 1. The van der Waals surface area contributed by atoms with E-state index >= 15 is 0 Å². The Morgan fingerprint density at radius 2 is 2.12 bits per heavy atom.